The summed E-state index contributed by atoms with van der Waals surface area (Å²) in [6, 6.07) is 4.48. The number of hydrogen-bond donors (Lipinski definition) is 2. The van der Waals surface area contributed by atoms with Gasteiger partial charge in [0.25, 0.3) is 0 Å². The van der Waals surface area contributed by atoms with Crippen LogP contribution >= 0.6 is 0 Å². The molecule has 0 saturated carbocycles. The first-order valence-electron chi connectivity index (χ1n) is 12.4. The third-order valence-corrected chi connectivity index (χ3v) is 6.59. The molecule has 0 saturated heterocycles. The SMILES string of the molecule is COc1ccc(NC(=O)N(C)C[C@H]2OCc3cnnn3CCCC(=O)N([C@H](C)CO)C[C@@H]2C)c(OC)c1. The van der Waals surface area contributed by atoms with Crippen molar-refractivity contribution in [3.8, 4) is 11.5 Å². The highest BCUT2D eigenvalue weighted by Crippen LogP contribution is 2.29. The summed E-state index contributed by atoms with van der Waals surface area (Å²) in [4.78, 5) is 29.3. The van der Waals surface area contributed by atoms with Gasteiger partial charge in [0.2, 0.25) is 5.91 Å². The molecule has 12 nitrogen and oxygen atoms in total. The monoisotopic (exact) mass is 518 g/mol. The second-order valence-corrected chi connectivity index (χ2v) is 9.33. The van der Waals surface area contributed by atoms with Crippen LogP contribution in [-0.4, -0.2) is 94.9 Å². The Morgan fingerprint density at radius 3 is 2.84 bits per heavy atom. The number of rotatable bonds is 7. The van der Waals surface area contributed by atoms with Crippen molar-refractivity contribution < 1.29 is 28.9 Å². The fraction of sp³-hybridized carbons (Fsp3) is 0.600. The first-order chi connectivity index (χ1) is 17.8. The summed E-state index contributed by atoms with van der Waals surface area (Å²) in [6.07, 6.45) is 2.20. The van der Waals surface area contributed by atoms with Gasteiger partial charge >= 0.3 is 6.03 Å². The van der Waals surface area contributed by atoms with E-state index in [4.69, 9.17) is 14.2 Å². The van der Waals surface area contributed by atoms with E-state index in [0.717, 1.165) is 5.69 Å². The molecular weight excluding hydrogens is 480 g/mol. The van der Waals surface area contributed by atoms with Gasteiger partial charge in [0.1, 0.15) is 11.5 Å². The number of aliphatic hydroxyl groups excluding tert-OH is 1. The number of urea groups is 1. The van der Waals surface area contributed by atoms with Gasteiger partial charge in [0.05, 0.1) is 57.2 Å². The van der Waals surface area contributed by atoms with Gasteiger partial charge in [-0.2, -0.15) is 0 Å². The molecule has 1 aliphatic rings. The number of aromatic nitrogens is 3. The zero-order valence-corrected chi connectivity index (χ0v) is 22.2. The largest absolute Gasteiger partial charge is 0.497 e. The van der Waals surface area contributed by atoms with E-state index in [9.17, 15) is 14.7 Å². The minimum atomic E-state index is -0.405. The molecule has 12 heteroatoms. The summed E-state index contributed by atoms with van der Waals surface area (Å²) in [5, 5.41) is 20.7. The van der Waals surface area contributed by atoms with Crippen LogP contribution in [-0.2, 0) is 22.7 Å². The Morgan fingerprint density at radius 1 is 1.35 bits per heavy atom. The summed E-state index contributed by atoms with van der Waals surface area (Å²) < 4.78 is 18.6. The van der Waals surface area contributed by atoms with Crippen molar-refractivity contribution in [2.24, 2.45) is 5.92 Å². The molecule has 1 aromatic heterocycles. The number of hydrogen-bond acceptors (Lipinski definition) is 8. The molecule has 204 valence electrons. The van der Waals surface area contributed by atoms with E-state index >= 15 is 0 Å². The molecular formula is C25H38N6O6. The molecule has 0 aliphatic carbocycles. The van der Waals surface area contributed by atoms with Gasteiger partial charge in [-0.05, 0) is 25.5 Å². The zero-order valence-electron chi connectivity index (χ0n) is 22.2. The lowest BCUT2D eigenvalue weighted by molar-refractivity contribution is -0.136. The van der Waals surface area contributed by atoms with Crippen LogP contribution in [0, 0.1) is 5.92 Å². The van der Waals surface area contributed by atoms with Crippen LogP contribution in [0.1, 0.15) is 32.4 Å². The molecule has 0 spiro atoms. The third kappa shape index (κ3) is 7.32. The molecule has 0 fully saturated rings. The van der Waals surface area contributed by atoms with Crippen LogP contribution in [0.15, 0.2) is 24.4 Å². The Morgan fingerprint density at radius 2 is 2.14 bits per heavy atom. The van der Waals surface area contributed by atoms with E-state index in [2.05, 4.69) is 15.6 Å². The molecule has 3 amide bonds. The normalized spacial score (nSPS) is 19.7. The van der Waals surface area contributed by atoms with Crippen LogP contribution in [0.3, 0.4) is 0 Å². The molecule has 3 atom stereocenters. The van der Waals surface area contributed by atoms with E-state index in [1.54, 1.807) is 48.1 Å². The van der Waals surface area contributed by atoms with E-state index in [1.165, 1.54) is 12.0 Å². The van der Waals surface area contributed by atoms with Gasteiger partial charge in [0.15, 0.2) is 0 Å². The predicted molar refractivity (Wildman–Crippen MR) is 136 cm³/mol. The van der Waals surface area contributed by atoms with Gasteiger partial charge in [-0.3, -0.25) is 4.79 Å². The number of aliphatic hydroxyl groups is 1. The lowest BCUT2D eigenvalue weighted by atomic mass is 10.0. The molecule has 2 N–H and O–H groups in total. The summed E-state index contributed by atoms with van der Waals surface area (Å²) >= 11 is 0. The molecule has 3 rings (SSSR count). The molecule has 0 radical (unpaired) electrons. The fourth-order valence-corrected chi connectivity index (χ4v) is 4.21. The van der Waals surface area contributed by atoms with Crippen LogP contribution in [0.25, 0.3) is 0 Å². The van der Waals surface area contributed by atoms with Gasteiger partial charge in [-0.15, -0.1) is 5.10 Å². The van der Waals surface area contributed by atoms with Crippen molar-refractivity contribution in [3.63, 3.8) is 0 Å². The summed E-state index contributed by atoms with van der Waals surface area (Å²) in [6.45, 7) is 5.14. The average Bonchev–Trinajstić information content (AvgIpc) is 3.35. The smallest absolute Gasteiger partial charge is 0.321 e. The third-order valence-electron chi connectivity index (χ3n) is 6.59. The molecule has 0 bridgehead atoms. The minimum Gasteiger partial charge on any atom is -0.497 e. The van der Waals surface area contributed by atoms with Crippen molar-refractivity contribution >= 4 is 17.6 Å². The quantitative estimate of drug-likeness (QED) is 0.569. The van der Waals surface area contributed by atoms with E-state index in [1.807, 2.05) is 13.8 Å². The summed E-state index contributed by atoms with van der Waals surface area (Å²) in [7, 11) is 4.76. The second-order valence-electron chi connectivity index (χ2n) is 9.33. The molecule has 2 aromatic rings. The Hall–Kier alpha value is -3.38. The fourth-order valence-electron chi connectivity index (χ4n) is 4.21. The molecule has 0 unspecified atom stereocenters. The lowest BCUT2D eigenvalue weighted by Gasteiger charge is -2.35. The summed E-state index contributed by atoms with van der Waals surface area (Å²) in [5.41, 5.74) is 1.32. The Bertz CT molecular complexity index is 1050. The first-order valence-corrected chi connectivity index (χ1v) is 12.4. The van der Waals surface area contributed by atoms with Crippen LogP contribution in [0.2, 0.25) is 0 Å². The number of fused-ring (bicyclic) bond motifs is 1. The molecule has 37 heavy (non-hydrogen) atoms. The number of aryl methyl sites for hydroxylation is 1. The van der Waals surface area contributed by atoms with E-state index in [0.29, 0.717) is 43.1 Å². The van der Waals surface area contributed by atoms with Crippen LogP contribution in [0.5, 0.6) is 11.5 Å². The minimum absolute atomic E-state index is 0.0351. The van der Waals surface area contributed by atoms with Crippen LogP contribution in [0.4, 0.5) is 10.5 Å². The second kappa shape index (κ2) is 13.2. The average molecular weight is 519 g/mol. The standard InChI is InChI=1S/C25H38N6O6/c1-17-13-30(18(2)15-32)24(33)7-6-10-31-19(12-26-28-31)16-37-23(17)14-29(3)25(34)27-21-9-8-20(35-4)11-22(21)36-5/h8-9,11-12,17-18,23,32H,6-7,10,13-16H2,1-5H3,(H,27,34)/t17-,18+,23+/m0/s1. The number of nitrogens with zero attached hydrogens (tertiary/aromatic N) is 5. The number of likely N-dealkylation sites (N-methyl/N-ethyl adjacent to an activating group) is 1. The maximum absolute atomic E-state index is 13.1. The molecule has 1 aromatic carbocycles. The highest BCUT2D eigenvalue weighted by Gasteiger charge is 2.29. The Kier molecular flexibility index (Phi) is 10.1. The van der Waals surface area contributed by atoms with Crippen LogP contribution < -0.4 is 14.8 Å². The number of anilines is 1. The summed E-state index contributed by atoms with van der Waals surface area (Å²) in [5.74, 6) is 0.924. The zero-order chi connectivity index (χ0) is 26.9. The number of benzene rings is 1. The topological polar surface area (TPSA) is 131 Å². The molecule has 2 heterocycles. The van der Waals surface area contributed by atoms with Crippen molar-refractivity contribution in [1.29, 1.82) is 0 Å². The maximum Gasteiger partial charge on any atom is 0.321 e. The van der Waals surface area contributed by atoms with Crippen molar-refractivity contribution in [3.05, 3.63) is 30.1 Å². The maximum atomic E-state index is 13.1. The number of amides is 3. The number of ether oxygens (including phenoxy) is 3. The Balaban J connectivity index is 1.78. The van der Waals surface area contributed by atoms with Crippen molar-refractivity contribution in [1.82, 2.24) is 24.8 Å². The van der Waals surface area contributed by atoms with E-state index in [-0.39, 0.29) is 43.7 Å². The van der Waals surface area contributed by atoms with Gasteiger partial charge in [-0.25, -0.2) is 9.48 Å². The van der Waals surface area contributed by atoms with Gasteiger partial charge in [-0.1, -0.05) is 12.1 Å². The highest BCUT2D eigenvalue weighted by molar-refractivity contribution is 5.91. The lowest BCUT2D eigenvalue weighted by Crippen LogP contribution is -2.48. The highest BCUT2D eigenvalue weighted by atomic mass is 16.5. The van der Waals surface area contributed by atoms with Crippen molar-refractivity contribution in [2.45, 2.75) is 52.0 Å². The Labute approximate surface area is 217 Å². The van der Waals surface area contributed by atoms with Crippen molar-refractivity contribution in [2.75, 3.05) is 46.3 Å². The number of carbonyl (C=O) groups is 2. The van der Waals surface area contributed by atoms with Gasteiger partial charge in [0, 0.05) is 45.1 Å². The van der Waals surface area contributed by atoms with E-state index < -0.39 is 6.10 Å². The first kappa shape index (κ1) is 28.2. The number of nitrogens with one attached hydrogen (secondary N) is 1. The predicted octanol–water partition coefficient (Wildman–Crippen LogP) is 1.98. The van der Waals surface area contributed by atoms with Gasteiger partial charge < -0.3 is 34.4 Å². The number of carbonyl (C=O) groups excluding carboxylic acids is 2. The number of methoxy groups -OCH3 is 2. The molecule has 1 aliphatic heterocycles.